The lowest BCUT2D eigenvalue weighted by molar-refractivity contribution is 0.0964. The summed E-state index contributed by atoms with van der Waals surface area (Å²) in [4.78, 5) is 12.9. The van der Waals surface area contributed by atoms with E-state index in [0.717, 1.165) is 18.4 Å². The van der Waals surface area contributed by atoms with Gasteiger partial charge in [0.2, 0.25) is 10.0 Å². The number of nitrogens with one attached hydrogen (secondary N) is 2. The number of benzene rings is 3. The molecular weight excluding hydrogens is 498 g/mol. The Balaban J connectivity index is 1.57. The molecule has 1 aromatic heterocycles. The molecule has 8 nitrogen and oxygen atoms in total. The zero-order valence-electron chi connectivity index (χ0n) is 19.9. The van der Waals surface area contributed by atoms with Crippen molar-refractivity contribution < 1.29 is 32.1 Å². The second-order valence-corrected chi connectivity index (χ2v) is 10.8. The highest BCUT2D eigenvalue weighted by molar-refractivity contribution is 7.91. The van der Waals surface area contributed by atoms with E-state index in [-0.39, 0.29) is 34.5 Å². The van der Waals surface area contributed by atoms with Crippen LogP contribution in [0, 0.1) is 5.82 Å². The summed E-state index contributed by atoms with van der Waals surface area (Å²) in [6.07, 6.45) is 1.81. The monoisotopic (exact) mass is 522 g/mol. The lowest BCUT2D eigenvalue weighted by Crippen LogP contribution is -2.30. The van der Waals surface area contributed by atoms with Gasteiger partial charge < -0.3 is 19.8 Å². The molecule has 0 aliphatic heterocycles. The SMILES string of the molecule is CNC(=O)c1c(-c2ccc(F)cc2)oc2cc(CS(=O)(=O)Nc3cccc(B(O)O)c3)c(C3CC3)cc12. The molecule has 11 heteroatoms. The van der Waals surface area contributed by atoms with E-state index < -0.39 is 23.0 Å². The Morgan fingerprint density at radius 2 is 1.84 bits per heavy atom. The Labute approximate surface area is 213 Å². The number of amides is 1. The summed E-state index contributed by atoms with van der Waals surface area (Å²) in [6.45, 7) is 0. The smallest absolute Gasteiger partial charge is 0.455 e. The first-order chi connectivity index (χ1) is 17.6. The van der Waals surface area contributed by atoms with E-state index in [1.807, 2.05) is 6.07 Å². The minimum Gasteiger partial charge on any atom is -0.455 e. The molecule has 0 bridgehead atoms. The van der Waals surface area contributed by atoms with Crippen LogP contribution in [0.25, 0.3) is 22.3 Å². The van der Waals surface area contributed by atoms with Crippen LogP contribution in [0.2, 0.25) is 0 Å². The number of hydrogen-bond donors (Lipinski definition) is 4. The predicted molar refractivity (Wildman–Crippen MR) is 139 cm³/mol. The lowest BCUT2D eigenvalue weighted by atomic mass is 9.80. The molecule has 5 rings (SSSR count). The molecule has 0 unspecified atom stereocenters. The normalized spacial score (nSPS) is 13.5. The Morgan fingerprint density at radius 3 is 2.49 bits per heavy atom. The molecule has 4 N–H and O–H groups in total. The fourth-order valence-electron chi connectivity index (χ4n) is 4.44. The second kappa shape index (κ2) is 9.66. The highest BCUT2D eigenvalue weighted by Gasteiger charge is 2.31. The van der Waals surface area contributed by atoms with Crippen molar-refractivity contribution in [2.24, 2.45) is 0 Å². The number of carbonyl (C=O) groups excluding carboxylic acids is 1. The number of fused-ring (bicyclic) bond motifs is 1. The predicted octanol–water partition coefficient (Wildman–Crippen LogP) is 3.10. The Hall–Kier alpha value is -3.67. The summed E-state index contributed by atoms with van der Waals surface area (Å²) in [5.41, 5.74) is 2.91. The van der Waals surface area contributed by atoms with E-state index in [9.17, 15) is 27.7 Å². The molecule has 0 spiro atoms. The second-order valence-electron chi connectivity index (χ2n) is 9.07. The summed E-state index contributed by atoms with van der Waals surface area (Å²) in [5.74, 6) is -0.690. The fraction of sp³-hybridized carbons (Fsp3) is 0.192. The largest absolute Gasteiger partial charge is 0.488 e. The van der Waals surface area contributed by atoms with Gasteiger partial charge in [-0.25, -0.2) is 12.8 Å². The van der Waals surface area contributed by atoms with E-state index in [1.54, 1.807) is 6.07 Å². The molecular formula is C26H24BFN2O6S. The number of rotatable bonds is 8. The van der Waals surface area contributed by atoms with Gasteiger partial charge in [0.25, 0.3) is 5.91 Å². The molecule has 0 radical (unpaired) electrons. The van der Waals surface area contributed by atoms with Crippen molar-refractivity contribution >= 4 is 45.2 Å². The number of carbonyl (C=O) groups is 1. The summed E-state index contributed by atoms with van der Waals surface area (Å²) in [6, 6.07) is 14.9. The first-order valence-electron chi connectivity index (χ1n) is 11.7. The summed E-state index contributed by atoms with van der Waals surface area (Å²) < 4.78 is 48.3. The highest BCUT2D eigenvalue weighted by atomic mass is 32.2. The zero-order valence-corrected chi connectivity index (χ0v) is 20.7. The first kappa shape index (κ1) is 25.0. The van der Waals surface area contributed by atoms with Crippen molar-refractivity contribution in [2.45, 2.75) is 24.5 Å². The van der Waals surface area contributed by atoms with Gasteiger partial charge in [-0.1, -0.05) is 12.1 Å². The first-order valence-corrected chi connectivity index (χ1v) is 13.3. The maximum atomic E-state index is 13.5. The summed E-state index contributed by atoms with van der Waals surface area (Å²) >= 11 is 0. The van der Waals surface area contributed by atoms with Crippen LogP contribution < -0.4 is 15.5 Å². The van der Waals surface area contributed by atoms with Gasteiger partial charge in [-0.15, -0.1) is 0 Å². The van der Waals surface area contributed by atoms with Crippen LogP contribution in [0.3, 0.4) is 0 Å². The lowest BCUT2D eigenvalue weighted by Gasteiger charge is -2.13. The molecule has 0 atom stereocenters. The summed E-state index contributed by atoms with van der Waals surface area (Å²) in [5, 5.41) is 21.9. The fourth-order valence-corrected chi connectivity index (χ4v) is 5.66. The highest BCUT2D eigenvalue weighted by Crippen LogP contribution is 2.45. The van der Waals surface area contributed by atoms with Crippen molar-refractivity contribution in [3.05, 3.63) is 83.2 Å². The molecule has 4 aromatic rings. The molecule has 1 aliphatic carbocycles. The van der Waals surface area contributed by atoms with Gasteiger partial charge in [-0.2, -0.15) is 0 Å². The third-order valence-corrected chi connectivity index (χ3v) is 7.57. The third-order valence-electron chi connectivity index (χ3n) is 6.33. The summed E-state index contributed by atoms with van der Waals surface area (Å²) in [7, 11) is -4.10. The Kier molecular flexibility index (Phi) is 6.53. The number of furan rings is 1. The molecule has 37 heavy (non-hydrogen) atoms. The van der Waals surface area contributed by atoms with E-state index in [2.05, 4.69) is 10.0 Å². The van der Waals surface area contributed by atoms with E-state index >= 15 is 0 Å². The maximum Gasteiger partial charge on any atom is 0.488 e. The van der Waals surface area contributed by atoms with Crippen LogP contribution in [0.5, 0.6) is 0 Å². The zero-order chi connectivity index (χ0) is 26.3. The minimum atomic E-state index is -3.88. The van der Waals surface area contributed by atoms with Gasteiger partial charge in [0.05, 0.1) is 11.3 Å². The third kappa shape index (κ3) is 5.24. The standard InChI is InChI=1S/C26H24BFN2O6S/c1-29-26(31)24-22-13-21(15-5-6-15)17(11-23(22)36-25(24)16-7-9-19(28)10-8-16)14-37(34,35)30-20-4-2-3-18(12-20)27(32)33/h2-4,7-13,15,30,32-33H,5-6,14H2,1H3,(H,29,31). The van der Waals surface area contributed by atoms with Crippen LogP contribution in [-0.2, 0) is 15.8 Å². The topological polar surface area (TPSA) is 129 Å². The van der Waals surface area contributed by atoms with Gasteiger partial charge in [0.1, 0.15) is 17.2 Å². The van der Waals surface area contributed by atoms with E-state index in [1.165, 1.54) is 55.6 Å². The average Bonchev–Trinajstić information content (AvgIpc) is 3.63. The molecule has 190 valence electrons. The molecule has 1 aliphatic rings. The molecule has 0 saturated heterocycles. The van der Waals surface area contributed by atoms with Crippen LogP contribution in [0.15, 0.2) is 65.1 Å². The number of anilines is 1. The van der Waals surface area contributed by atoms with Crippen LogP contribution in [-0.4, -0.2) is 38.5 Å². The van der Waals surface area contributed by atoms with Crippen LogP contribution >= 0.6 is 0 Å². The van der Waals surface area contributed by atoms with Crippen LogP contribution in [0.1, 0.15) is 40.2 Å². The average molecular weight is 522 g/mol. The van der Waals surface area contributed by atoms with Crippen molar-refractivity contribution in [3.63, 3.8) is 0 Å². The van der Waals surface area contributed by atoms with Crippen molar-refractivity contribution in [1.29, 1.82) is 0 Å². The molecule has 1 heterocycles. The van der Waals surface area contributed by atoms with E-state index in [4.69, 9.17) is 4.42 Å². The minimum absolute atomic E-state index is 0.158. The van der Waals surface area contributed by atoms with Crippen LogP contribution in [0.4, 0.5) is 10.1 Å². The van der Waals surface area contributed by atoms with Gasteiger partial charge in [0, 0.05) is 23.7 Å². The Morgan fingerprint density at radius 1 is 1.11 bits per heavy atom. The maximum absolute atomic E-state index is 13.5. The number of sulfonamides is 1. The molecule has 1 saturated carbocycles. The number of hydrogen-bond acceptors (Lipinski definition) is 6. The van der Waals surface area contributed by atoms with Crippen molar-refractivity contribution in [2.75, 3.05) is 11.8 Å². The Bertz CT molecular complexity index is 1600. The quantitative estimate of drug-likeness (QED) is 0.263. The van der Waals surface area contributed by atoms with Gasteiger partial charge >= 0.3 is 7.12 Å². The van der Waals surface area contributed by atoms with Crippen molar-refractivity contribution in [3.8, 4) is 11.3 Å². The van der Waals surface area contributed by atoms with Gasteiger partial charge in [-0.3, -0.25) is 9.52 Å². The molecule has 1 fully saturated rings. The number of halogens is 1. The van der Waals surface area contributed by atoms with Gasteiger partial charge in [0.15, 0.2) is 0 Å². The molecule has 1 amide bonds. The van der Waals surface area contributed by atoms with Crippen molar-refractivity contribution in [1.82, 2.24) is 5.32 Å². The molecule has 3 aromatic carbocycles. The van der Waals surface area contributed by atoms with E-state index in [0.29, 0.717) is 27.7 Å². The van der Waals surface area contributed by atoms with Gasteiger partial charge in [-0.05, 0) is 83.9 Å².